The van der Waals surface area contributed by atoms with E-state index in [1.54, 1.807) is 6.07 Å². The van der Waals surface area contributed by atoms with Gasteiger partial charge in [-0.2, -0.15) is 0 Å². The number of rotatable bonds is 2. The van der Waals surface area contributed by atoms with E-state index >= 15 is 0 Å². The van der Waals surface area contributed by atoms with Crippen LogP contribution in [0.1, 0.15) is 26.6 Å². The van der Waals surface area contributed by atoms with Crippen LogP contribution in [-0.4, -0.2) is 51.7 Å². The summed E-state index contributed by atoms with van der Waals surface area (Å²) in [7, 11) is 0. The highest BCUT2D eigenvalue weighted by molar-refractivity contribution is 9.10. The maximum Gasteiger partial charge on any atom is 0.407 e. The molecule has 0 aliphatic carbocycles. The largest absolute Gasteiger partial charge is 0.465 e. The van der Waals surface area contributed by atoms with Gasteiger partial charge in [0, 0.05) is 25.0 Å². The van der Waals surface area contributed by atoms with Gasteiger partial charge in [0.15, 0.2) is 5.82 Å². The van der Waals surface area contributed by atoms with Crippen molar-refractivity contribution in [2.45, 2.75) is 32.7 Å². The third-order valence-corrected chi connectivity index (χ3v) is 6.44. The van der Waals surface area contributed by atoms with Crippen LogP contribution < -0.4 is 4.90 Å². The first-order valence-electron chi connectivity index (χ1n) is 8.69. The minimum absolute atomic E-state index is 0.0282. The van der Waals surface area contributed by atoms with Crippen molar-refractivity contribution in [2.24, 2.45) is 5.41 Å². The molecule has 10 heteroatoms. The number of amides is 1. The number of hydrogen-bond acceptors (Lipinski definition) is 4. The van der Waals surface area contributed by atoms with Crippen LogP contribution in [0.3, 0.4) is 0 Å². The van der Waals surface area contributed by atoms with E-state index in [0.29, 0.717) is 36.7 Å². The minimum Gasteiger partial charge on any atom is -0.465 e. The molecule has 1 saturated heterocycles. The second-order valence-corrected chi connectivity index (χ2v) is 9.25. The highest BCUT2D eigenvalue weighted by atomic mass is 79.9. The van der Waals surface area contributed by atoms with E-state index in [2.05, 4.69) is 25.9 Å². The van der Waals surface area contributed by atoms with E-state index in [1.165, 1.54) is 4.90 Å². The minimum atomic E-state index is -0.952. The predicted octanol–water partition coefficient (Wildman–Crippen LogP) is 5.14. The number of benzene rings is 1. The lowest BCUT2D eigenvalue weighted by Gasteiger charge is -2.46. The van der Waals surface area contributed by atoms with E-state index in [9.17, 15) is 14.3 Å². The number of aromatic nitrogens is 2. The molecule has 0 saturated carbocycles. The first kappa shape index (κ1) is 21.3. The second kappa shape index (κ2) is 7.80. The molecule has 1 atom stereocenters. The Balaban J connectivity index is 2.14. The molecule has 1 amide bonds. The Kier molecular flexibility index (Phi) is 5.94. The molecule has 0 radical (unpaired) electrons. The van der Waals surface area contributed by atoms with Gasteiger partial charge < -0.3 is 14.9 Å². The fourth-order valence-corrected chi connectivity index (χ4v) is 4.06. The lowest BCUT2D eigenvalue weighted by atomic mass is 9.84. The molecule has 1 N–H and O–H groups in total. The lowest BCUT2D eigenvalue weighted by Crippen LogP contribution is -2.59. The Bertz CT molecular complexity index is 938. The molecule has 1 aromatic carbocycles. The molecule has 2 heterocycles. The van der Waals surface area contributed by atoms with Crippen LogP contribution in [0.5, 0.6) is 0 Å². The number of hydrogen-bond donors (Lipinski definition) is 1. The van der Waals surface area contributed by atoms with E-state index in [1.807, 2.05) is 25.7 Å². The number of alkyl halides is 1. The highest BCUT2D eigenvalue weighted by Gasteiger charge is 2.39. The van der Waals surface area contributed by atoms with Gasteiger partial charge in [-0.25, -0.2) is 19.2 Å². The van der Waals surface area contributed by atoms with Gasteiger partial charge in [-0.3, -0.25) is 0 Å². The average molecular weight is 494 g/mol. The third kappa shape index (κ3) is 3.86. The Hall–Kier alpha value is -1.38. The van der Waals surface area contributed by atoms with Gasteiger partial charge in [-0.1, -0.05) is 32.4 Å². The van der Waals surface area contributed by atoms with Crippen molar-refractivity contribution in [1.29, 1.82) is 0 Å². The number of fused-ring (bicyclic) bond motifs is 1. The monoisotopic (exact) mass is 492 g/mol. The van der Waals surface area contributed by atoms with E-state index in [-0.39, 0.29) is 32.3 Å². The molecule has 28 heavy (non-hydrogen) atoms. The summed E-state index contributed by atoms with van der Waals surface area (Å²) in [5.74, 6) is 0.257. The summed E-state index contributed by atoms with van der Waals surface area (Å²) in [5.41, 5.74) is -0.161. The zero-order chi connectivity index (χ0) is 20.8. The topological polar surface area (TPSA) is 69.6 Å². The number of carboxylic acid groups (broad SMARTS) is 1. The number of piperazine rings is 1. The van der Waals surface area contributed by atoms with E-state index < -0.39 is 11.9 Å². The van der Waals surface area contributed by atoms with Gasteiger partial charge in [0.1, 0.15) is 17.2 Å². The summed E-state index contributed by atoms with van der Waals surface area (Å²) in [6, 6.07) is 1.35. The van der Waals surface area contributed by atoms with Gasteiger partial charge in [0.2, 0.25) is 0 Å². The summed E-state index contributed by atoms with van der Waals surface area (Å²) >= 11 is 15.2. The SMILES string of the molecule is CC(C)(C)C1CN(c2nc(CCl)nc3c(F)c(Br)c(Cl)cc23)CCN1C(=O)O. The third-order valence-electron chi connectivity index (χ3n) is 4.90. The number of halogens is 4. The van der Waals surface area contributed by atoms with E-state index in [0.717, 1.165) is 0 Å². The fraction of sp³-hybridized carbons (Fsp3) is 0.500. The van der Waals surface area contributed by atoms with Crippen LogP contribution >= 0.6 is 39.1 Å². The lowest BCUT2D eigenvalue weighted by molar-refractivity contribution is 0.0747. The van der Waals surface area contributed by atoms with Crippen molar-refractivity contribution in [3.8, 4) is 0 Å². The van der Waals surface area contributed by atoms with Gasteiger partial charge in [0.05, 0.1) is 21.4 Å². The molecule has 2 aromatic rings. The first-order chi connectivity index (χ1) is 13.0. The number of anilines is 1. The van der Waals surface area contributed by atoms with Crippen molar-refractivity contribution in [1.82, 2.24) is 14.9 Å². The molecule has 1 aromatic heterocycles. The Morgan fingerprint density at radius 3 is 2.64 bits per heavy atom. The molecular formula is C18H20BrCl2FN4O2. The molecule has 152 valence electrons. The van der Waals surface area contributed by atoms with Crippen molar-refractivity contribution in [2.75, 3.05) is 24.5 Å². The first-order valence-corrected chi connectivity index (χ1v) is 10.4. The molecule has 0 spiro atoms. The summed E-state index contributed by atoms with van der Waals surface area (Å²) in [5, 5.41) is 10.3. The molecule has 1 fully saturated rings. The van der Waals surface area contributed by atoms with Crippen LogP contribution in [0, 0.1) is 11.2 Å². The second-order valence-electron chi connectivity index (χ2n) is 7.78. The van der Waals surface area contributed by atoms with Crippen LogP contribution in [-0.2, 0) is 5.88 Å². The smallest absolute Gasteiger partial charge is 0.407 e. The van der Waals surface area contributed by atoms with Gasteiger partial charge in [0.25, 0.3) is 0 Å². The number of carbonyl (C=O) groups is 1. The standard InChI is InChI=1S/C18H20BrCl2FN4O2/c1-18(2,3)11-8-25(4-5-26(11)17(27)28)16-9-6-10(21)13(19)14(22)15(9)23-12(7-20)24-16/h6,11H,4-5,7-8H2,1-3H3,(H,27,28). The molecule has 0 bridgehead atoms. The molecular weight excluding hydrogens is 474 g/mol. The Labute approximate surface area is 180 Å². The molecule has 6 nitrogen and oxygen atoms in total. The van der Waals surface area contributed by atoms with Crippen molar-refractivity contribution < 1.29 is 14.3 Å². The van der Waals surface area contributed by atoms with Crippen molar-refractivity contribution in [3.63, 3.8) is 0 Å². The van der Waals surface area contributed by atoms with Crippen molar-refractivity contribution >= 4 is 61.9 Å². The van der Waals surface area contributed by atoms with Crippen LogP contribution in [0.2, 0.25) is 5.02 Å². The van der Waals surface area contributed by atoms with Crippen LogP contribution in [0.25, 0.3) is 10.9 Å². The van der Waals surface area contributed by atoms with Gasteiger partial charge in [-0.15, -0.1) is 11.6 Å². The zero-order valence-electron chi connectivity index (χ0n) is 15.6. The van der Waals surface area contributed by atoms with Gasteiger partial charge >= 0.3 is 6.09 Å². The fourth-order valence-electron chi connectivity index (χ4n) is 3.45. The molecule has 3 rings (SSSR count). The molecule has 1 aliphatic heterocycles. The van der Waals surface area contributed by atoms with Crippen molar-refractivity contribution in [3.05, 3.63) is 27.2 Å². The summed E-state index contributed by atoms with van der Waals surface area (Å²) in [4.78, 5) is 23.8. The maximum absolute atomic E-state index is 14.8. The summed E-state index contributed by atoms with van der Waals surface area (Å²) < 4.78 is 14.9. The Morgan fingerprint density at radius 1 is 1.39 bits per heavy atom. The van der Waals surface area contributed by atoms with E-state index in [4.69, 9.17) is 23.2 Å². The average Bonchev–Trinajstić information content (AvgIpc) is 2.64. The Morgan fingerprint density at radius 2 is 2.07 bits per heavy atom. The normalized spacial score (nSPS) is 18.0. The zero-order valence-corrected chi connectivity index (χ0v) is 18.7. The number of nitrogens with zero attached hydrogens (tertiary/aromatic N) is 4. The molecule has 1 aliphatic rings. The highest BCUT2D eigenvalue weighted by Crippen LogP contribution is 2.37. The maximum atomic E-state index is 14.8. The van der Waals surface area contributed by atoms with Crippen LogP contribution in [0.4, 0.5) is 15.0 Å². The predicted molar refractivity (Wildman–Crippen MR) is 112 cm³/mol. The summed E-state index contributed by atoms with van der Waals surface area (Å²) in [6.07, 6.45) is -0.952. The van der Waals surface area contributed by atoms with Gasteiger partial charge in [-0.05, 0) is 27.4 Å². The quantitative estimate of drug-likeness (QED) is 0.463. The molecule has 1 unspecified atom stereocenters. The van der Waals surface area contributed by atoms with Crippen LogP contribution in [0.15, 0.2) is 10.5 Å². The summed E-state index contributed by atoms with van der Waals surface area (Å²) in [6.45, 7) is 7.12.